The predicted octanol–water partition coefficient (Wildman–Crippen LogP) is 2.30. The van der Waals surface area contributed by atoms with Crippen LogP contribution in [0.4, 0.5) is 11.4 Å². The maximum Gasteiger partial charge on any atom is 0.0907 e. The van der Waals surface area contributed by atoms with Gasteiger partial charge in [-0.25, -0.2) is 4.98 Å². The van der Waals surface area contributed by atoms with Gasteiger partial charge >= 0.3 is 0 Å². The van der Waals surface area contributed by atoms with Gasteiger partial charge in [-0.3, -0.25) is 0 Å². The Morgan fingerprint density at radius 2 is 2.33 bits per heavy atom. The van der Waals surface area contributed by atoms with E-state index >= 15 is 0 Å². The van der Waals surface area contributed by atoms with E-state index in [-0.39, 0.29) is 0 Å². The molecular weight excluding hydrogens is 244 g/mol. The molecule has 3 rings (SSSR count). The second kappa shape index (κ2) is 4.40. The largest absolute Gasteiger partial charge is 0.397 e. The summed E-state index contributed by atoms with van der Waals surface area (Å²) >= 11 is 1.69. The van der Waals surface area contributed by atoms with Gasteiger partial charge in [0.15, 0.2) is 0 Å². The fraction of sp³-hybridized carbons (Fsp3) is 0.462. The van der Waals surface area contributed by atoms with Gasteiger partial charge < -0.3 is 16.0 Å². The summed E-state index contributed by atoms with van der Waals surface area (Å²) in [5.74, 6) is 0. The van der Waals surface area contributed by atoms with Crippen molar-refractivity contribution < 1.29 is 0 Å². The highest BCUT2D eigenvalue weighted by atomic mass is 32.1. The number of anilines is 2. The number of nitrogens with zero attached hydrogens (tertiary/aromatic N) is 2. The summed E-state index contributed by atoms with van der Waals surface area (Å²) in [6.07, 6.45) is 1.17. The molecule has 5 heteroatoms. The van der Waals surface area contributed by atoms with Gasteiger partial charge in [-0.1, -0.05) is 0 Å². The molecule has 18 heavy (non-hydrogen) atoms. The molecule has 96 valence electrons. The number of nitrogens with two attached hydrogens (primary N) is 1. The molecule has 1 saturated heterocycles. The Hall–Kier alpha value is -1.33. The number of aromatic nitrogens is 1. The molecule has 1 unspecified atom stereocenters. The van der Waals surface area contributed by atoms with Gasteiger partial charge in [-0.2, -0.15) is 0 Å². The molecule has 1 aliphatic heterocycles. The molecule has 0 bridgehead atoms. The molecule has 1 atom stereocenters. The Morgan fingerprint density at radius 1 is 1.50 bits per heavy atom. The standard InChI is InChI=1S/C13H18N4S/c1-8-15-12-6-11(10(14)5-13(12)18-8)16-9-3-4-17(2)7-9/h5-6,9,16H,3-4,7,14H2,1-2H3. The van der Waals surface area contributed by atoms with Crippen molar-refractivity contribution in [1.82, 2.24) is 9.88 Å². The van der Waals surface area contributed by atoms with Crippen molar-refractivity contribution in [3.63, 3.8) is 0 Å². The average molecular weight is 262 g/mol. The van der Waals surface area contributed by atoms with E-state index in [4.69, 9.17) is 5.73 Å². The van der Waals surface area contributed by atoms with Crippen molar-refractivity contribution in [3.8, 4) is 0 Å². The number of hydrogen-bond donors (Lipinski definition) is 2. The van der Waals surface area contributed by atoms with Crippen LogP contribution in [0.25, 0.3) is 10.2 Å². The van der Waals surface area contributed by atoms with Gasteiger partial charge in [0.25, 0.3) is 0 Å². The molecular formula is C13H18N4S. The summed E-state index contributed by atoms with van der Waals surface area (Å²) in [6.45, 7) is 4.25. The van der Waals surface area contributed by atoms with Crippen LogP contribution in [0.2, 0.25) is 0 Å². The number of thiazole rings is 1. The third-order valence-electron chi connectivity index (χ3n) is 3.42. The maximum absolute atomic E-state index is 6.11. The van der Waals surface area contributed by atoms with Crippen LogP contribution in [0, 0.1) is 6.92 Å². The smallest absolute Gasteiger partial charge is 0.0907 e. The maximum atomic E-state index is 6.11. The molecule has 4 nitrogen and oxygen atoms in total. The second-order valence-electron chi connectivity index (χ2n) is 5.03. The Morgan fingerprint density at radius 3 is 3.06 bits per heavy atom. The number of likely N-dealkylation sites (tertiary alicyclic amines) is 1. The number of hydrogen-bond acceptors (Lipinski definition) is 5. The van der Waals surface area contributed by atoms with Gasteiger partial charge in [0.2, 0.25) is 0 Å². The van der Waals surface area contributed by atoms with Crippen LogP contribution in [0.5, 0.6) is 0 Å². The van der Waals surface area contributed by atoms with E-state index < -0.39 is 0 Å². The number of rotatable bonds is 2. The van der Waals surface area contributed by atoms with Crippen molar-refractivity contribution >= 4 is 32.9 Å². The minimum Gasteiger partial charge on any atom is -0.397 e. The normalized spacial score (nSPS) is 20.7. The van der Waals surface area contributed by atoms with Crippen molar-refractivity contribution in [2.45, 2.75) is 19.4 Å². The molecule has 0 amide bonds. The lowest BCUT2D eigenvalue weighted by atomic mass is 10.2. The molecule has 3 N–H and O–H groups in total. The van der Waals surface area contributed by atoms with E-state index in [1.165, 1.54) is 11.1 Å². The first-order chi connectivity index (χ1) is 8.61. The van der Waals surface area contributed by atoms with Gasteiger partial charge in [0, 0.05) is 12.6 Å². The van der Waals surface area contributed by atoms with E-state index in [0.29, 0.717) is 6.04 Å². The van der Waals surface area contributed by atoms with Crippen molar-refractivity contribution in [2.24, 2.45) is 0 Å². The second-order valence-corrected chi connectivity index (χ2v) is 6.27. The first-order valence-electron chi connectivity index (χ1n) is 6.23. The number of benzene rings is 1. The molecule has 2 aromatic rings. The van der Waals surface area contributed by atoms with Crippen molar-refractivity contribution in [1.29, 1.82) is 0 Å². The molecule has 1 aliphatic rings. The summed E-state index contributed by atoms with van der Waals surface area (Å²) < 4.78 is 1.17. The highest BCUT2D eigenvalue weighted by Crippen LogP contribution is 2.30. The quantitative estimate of drug-likeness (QED) is 0.815. The number of fused-ring (bicyclic) bond motifs is 1. The van der Waals surface area contributed by atoms with Crippen LogP contribution in [0.15, 0.2) is 12.1 Å². The first-order valence-corrected chi connectivity index (χ1v) is 7.05. The summed E-state index contributed by atoms with van der Waals surface area (Å²) in [5, 5.41) is 4.62. The van der Waals surface area contributed by atoms with Crippen LogP contribution in [0.3, 0.4) is 0 Å². The number of likely N-dealkylation sites (N-methyl/N-ethyl adjacent to an activating group) is 1. The zero-order valence-electron chi connectivity index (χ0n) is 10.7. The molecule has 0 radical (unpaired) electrons. The minimum absolute atomic E-state index is 0.495. The zero-order chi connectivity index (χ0) is 12.7. The van der Waals surface area contributed by atoms with Gasteiger partial charge in [0.1, 0.15) is 0 Å². The first kappa shape index (κ1) is 11.7. The van der Waals surface area contributed by atoms with E-state index in [0.717, 1.165) is 35.0 Å². The monoisotopic (exact) mass is 262 g/mol. The Kier molecular flexibility index (Phi) is 2.87. The topological polar surface area (TPSA) is 54.2 Å². The van der Waals surface area contributed by atoms with Gasteiger partial charge in [0.05, 0.1) is 26.6 Å². The predicted molar refractivity (Wildman–Crippen MR) is 78.3 cm³/mol. The molecule has 0 spiro atoms. The molecule has 0 saturated carbocycles. The third kappa shape index (κ3) is 2.15. The van der Waals surface area contributed by atoms with Crippen molar-refractivity contribution in [2.75, 3.05) is 31.2 Å². The lowest BCUT2D eigenvalue weighted by molar-refractivity contribution is 0.414. The fourth-order valence-corrected chi connectivity index (χ4v) is 3.36. The number of nitrogens with one attached hydrogen (secondary N) is 1. The van der Waals surface area contributed by atoms with Crippen LogP contribution in [-0.4, -0.2) is 36.1 Å². The minimum atomic E-state index is 0.495. The number of aryl methyl sites for hydroxylation is 1. The van der Waals surface area contributed by atoms with Crippen molar-refractivity contribution in [3.05, 3.63) is 17.1 Å². The lowest BCUT2D eigenvalue weighted by Gasteiger charge is -2.15. The fourth-order valence-electron chi connectivity index (χ4n) is 2.50. The Balaban J connectivity index is 1.89. The van der Waals surface area contributed by atoms with E-state index in [2.05, 4.69) is 28.3 Å². The summed E-state index contributed by atoms with van der Waals surface area (Å²) in [4.78, 5) is 6.85. The summed E-state index contributed by atoms with van der Waals surface area (Å²) in [7, 11) is 2.15. The molecule has 0 aliphatic carbocycles. The summed E-state index contributed by atoms with van der Waals surface area (Å²) in [6, 6.07) is 4.60. The lowest BCUT2D eigenvalue weighted by Crippen LogP contribution is -2.23. The van der Waals surface area contributed by atoms with E-state index in [1.807, 2.05) is 13.0 Å². The zero-order valence-corrected chi connectivity index (χ0v) is 11.5. The Labute approximate surface area is 111 Å². The molecule has 1 fully saturated rings. The van der Waals surface area contributed by atoms with E-state index in [1.54, 1.807) is 11.3 Å². The summed E-state index contributed by atoms with van der Waals surface area (Å²) in [5.41, 5.74) is 9.00. The number of nitrogen functional groups attached to an aromatic ring is 1. The van der Waals surface area contributed by atoms with Crippen LogP contribution < -0.4 is 11.1 Å². The van der Waals surface area contributed by atoms with Crippen LogP contribution in [0.1, 0.15) is 11.4 Å². The Bertz CT molecular complexity index is 578. The molecule has 2 heterocycles. The third-order valence-corrected chi connectivity index (χ3v) is 4.35. The van der Waals surface area contributed by atoms with Gasteiger partial charge in [-0.05, 0) is 39.1 Å². The van der Waals surface area contributed by atoms with Crippen LogP contribution in [-0.2, 0) is 0 Å². The molecule has 1 aromatic carbocycles. The van der Waals surface area contributed by atoms with Crippen LogP contribution >= 0.6 is 11.3 Å². The van der Waals surface area contributed by atoms with E-state index in [9.17, 15) is 0 Å². The average Bonchev–Trinajstić information content (AvgIpc) is 2.85. The SMILES string of the molecule is Cc1nc2cc(NC3CCN(C)C3)c(N)cc2s1. The molecule has 1 aromatic heterocycles. The highest BCUT2D eigenvalue weighted by molar-refractivity contribution is 7.18. The van der Waals surface area contributed by atoms with Gasteiger partial charge in [-0.15, -0.1) is 11.3 Å². The highest BCUT2D eigenvalue weighted by Gasteiger charge is 2.20.